The molecule has 1 aliphatic heterocycles. The number of hydrogen-bond donors (Lipinski definition) is 2. The van der Waals surface area contributed by atoms with Crippen LogP contribution < -0.4 is 10.6 Å². The molecule has 3 atom stereocenters. The molecule has 2 rings (SSSR count). The normalized spacial score (nSPS) is 23.0. The van der Waals surface area contributed by atoms with E-state index in [1.54, 1.807) is 12.0 Å². The molecule has 2 N–H and O–H groups in total. The SMILES string of the molecule is COC[C@@H](NC(=O)N[C@H](C(=O)N1CCC[C@H]1C(=O)OC)C1(C)CCCCC1)C(C)(C)C. The molecule has 0 aromatic rings. The first-order chi connectivity index (χ1) is 14.5. The summed E-state index contributed by atoms with van der Waals surface area (Å²) in [4.78, 5) is 40.5. The molecule has 0 aromatic heterocycles. The van der Waals surface area contributed by atoms with Gasteiger partial charge in [-0.25, -0.2) is 9.59 Å². The van der Waals surface area contributed by atoms with Gasteiger partial charge in [0.05, 0.1) is 19.8 Å². The van der Waals surface area contributed by atoms with Crippen LogP contribution in [0.15, 0.2) is 0 Å². The zero-order chi connectivity index (χ0) is 23.2. The molecule has 1 heterocycles. The van der Waals surface area contributed by atoms with Crippen LogP contribution in [0.5, 0.6) is 0 Å². The summed E-state index contributed by atoms with van der Waals surface area (Å²) in [6.07, 6.45) is 6.26. The number of urea groups is 1. The van der Waals surface area contributed by atoms with E-state index < -0.39 is 18.1 Å². The lowest BCUT2D eigenvalue weighted by Crippen LogP contribution is -2.61. The number of esters is 1. The lowest BCUT2D eigenvalue weighted by atomic mass is 9.70. The maximum Gasteiger partial charge on any atom is 0.328 e. The minimum absolute atomic E-state index is 0.188. The molecule has 0 bridgehead atoms. The molecule has 0 radical (unpaired) electrons. The van der Waals surface area contributed by atoms with Crippen LogP contribution in [-0.4, -0.2) is 68.3 Å². The van der Waals surface area contributed by atoms with Crippen molar-refractivity contribution in [3.05, 3.63) is 0 Å². The molecule has 8 nitrogen and oxygen atoms in total. The summed E-state index contributed by atoms with van der Waals surface area (Å²) in [5, 5.41) is 5.99. The smallest absolute Gasteiger partial charge is 0.328 e. The molecule has 1 aliphatic carbocycles. The maximum absolute atomic E-state index is 13.7. The molecular formula is C23H41N3O5. The summed E-state index contributed by atoms with van der Waals surface area (Å²) >= 11 is 0. The Balaban J connectivity index is 2.24. The molecule has 0 unspecified atom stereocenters. The maximum atomic E-state index is 13.7. The van der Waals surface area contributed by atoms with Gasteiger partial charge >= 0.3 is 12.0 Å². The second-order valence-corrected chi connectivity index (χ2v) is 10.4. The van der Waals surface area contributed by atoms with Crippen molar-refractivity contribution >= 4 is 17.9 Å². The number of rotatable bonds is 7. The van der Waals surface area contributed by atoms with Crippen molar-refractivity contribution in [1.29, 1.82) is 0 Å². The highest BCUT2D eigenvalue weighted by Crippen LogP contribution is 2.40. The number of carbonyl (C=O) groups is 3. The van der Waals surface area contributed by atoms with E-state index in [0.29, 0.717) is 19.6 Å². The van der Waals surface area contributed by atoms with Crippen molar-refractivity contribution in [3.8, 4) is 0 Å². The summed E-state index contributed by atoms with van der Waals surface area (Å²) in [7, 11) is 2.95. The lowest BCUT2D eigenvalue weighted by molar-refractivity contribution is -0.152. The highest BCUT2D eigenvalue weighted by Gasteiger charge is 2.46. The zero-order valence-corrected chi connectivity index (χ0v) is 20.1. The number of ether oxygens (including phenoxy) is 2. The van der Waals surface area contributed by atoms with E-state index in [2.05, 4.69) is 17.6 Å². The molecule has 0 aromatic carbocycles. The second kappa shape index (κ2) is 10.7. The minimum atomic E-state index is -0.693. The van der Waals surface area contributed by atoms with Gasteiger partial charge in [0.25, 0.3) is 0 Å². The number of methoxy groups -OCH3 is 2. The van der Waals surface area contributed by atoms with Crippen molar-refractivity contribution in [1.82, 2.24) is 15.5 Å². The summed E-state index contributed by atoms with van der Waals surface area (Å²) in [5.74, 6) is -0.581. The molecule has 1 saturated carbocycles. The van der Waals surface area contributed by atoms with Crippen molar-refractivity contribution in [2.45, 2.75) is 90.8 Å². The van der Waals surface area contributed by atoms with Gasteiger partial charge < -0.3 is 25.0 Å². The van der Waals surface area contributed by atoms with Crippen LogP contribution >= 0.6 is 0 Å². The van der Waals surface area contributed by atoms with Crippen molar-refractivity contribution < 1.29 is 23.9 Å². The van der Waals surface area contributed by atoms with Crippen LogP contribution in [0.1, 0.15) is 72.6 Å². The summed E-state index contributed by atoms with van der Waals surface area (Å²) in [5.41, 5.74) is -0.555. The molecule has 178 valence electrons. The van der Waals surface area contributed by atoms with E-state index in [4.69, 9.17) is 9.47 Å². The second-order valence-electron chi connectivity index (χ2n) is 10.4. The standard InChI is InChI=1S/C23H41N3O5/c1-22(2,3)17(15-30-5)24-21(29)25-18(23(4)12-8-7-9-13-23)19(27)26-14-10-11-16(26)20(28)31-6/h16-18H,7-15H2,1-6H3,(H2,24,25,29)/t16-,17+,18+/m0/s1. The third-order valence-corrected chi connectivity index (χ3v) is 6.91. The molecule has 2 fully saturated rings. The molecule has 8 heteroatoms. The molecule has 0 spiro atoms. The third kappa shape index (κ3) is 6.34. The Morgan fingerprint density at radius 3 is 2.26 bits per heavy atom. The van der Waals surface area contributed by atoms with Crippen molar-refractivity contribution in [2.24, 2.45) is 10.8 Å². The monoisotopic (exact) mass is 439 g/mol. The fourth-order valence-corrected chi connectivity index (χ4v) is 4.77. The molecule has 1 saturated heterocycles. The van der Waals surface area contributed by atoms with Crippen LogP contribution in [0.4, 0.5) is 4.79 Å². The van der Waals surface area contributed by atoms with E-state index in [-0.39, 0.29) is 28.8 Å². The highest BCUT2D eigenvalue weighted by atomic mass is 16.5. The van der Waals surface area contributed by atoms with Crippen LogP contribution in [0.3, 0.4) is 0 Å². The van der Waals surface area contributed by atoms with Gasteiger partial charge in [0, 0.05) is 13.7 Å². The van der Waals surface area contributed by atoms with Gasteiger partial charge in [-0.05, 0) is 36.5 Å². The van der Waals surface area contributed by atoms with Gasteiger partial charge in [0.1, 0.15) is 12.1 Å². The van der Waals surface area contributed by atoms with E-state index in [0.717, 1.165) is 38.5 Å². The lowest BCUT2D eigenvalue weighted by Gasteiger charge is -2.42. The quantitative estimate of drug-likeness (QED) is 0.595. The Kier molecular flexibility index (Phi) is 8.74. The minimum Gasteiger partial charge on any atom is -0.467 e. The average Bonchev–Trinajstić information content (AvgIpc) is 3.20. The topological polar surface area (TPSA) is 97.0 Å². The van der Waals surface area contributed by atoms with Gasteiger partial charge in [-0.2, -0.15) is 0 Å². The Labute approximate surface area is 186 Å². The number of nitrogens with one attached hydrogen (secondary N) is 2. The Hall–Kier alpha value is -1.83. The molecule has 3 amide bonds. The first-order valence-corrected chi connectivity index (χ1v) is 11.5. The predicted octanol–water partition coefficient (Wildman–Crippen LogP) is 2.85. The van der Waals surface area contributed by atoms with Gasteiger partial charge in [0.15, 0.2) is 0 Å². The Morgan fingerprint density at radius 1 is 1.06 bits per heavy atom. The number of carbonyl (C=O) groups excluding carboxylic acids is 3. The number of amides is 3. The van der Waals surface area contributed by atoms with Gasteiger partial charge in [-0.15, -0.1) is 0 Å². The van der Waals surface area contributed by atoms with E-state index in [9.17, 15) is 14.4 Å². The van der Waals surface area contributed by atoms with Crippen molar-refractivity contribution in [3.63, 3.8) is 0 Å². The molecule has 31 heavy (non-hydrogen) atoms. The summed E-state index contributed by atoms with van der Waals surface area (Å²) in [6.45, 7) is 9.06. The third-order valence-electron chi connectivity index (χ3n) is 6.91. The first-order valence-electron chi connectivity index (χ1n) is 11.5. The number of likely N-dealkylation sites (tertiary alicyclic amines) is 1. The van der Waals surface area contributed by atoms with Crippen LogP contribution in [0, 0.1) is 10.8 Å². The Bertz CT molecular complexity index is 640. The number of hydrogen-bond acceptors (Lipinski definition) is 5. The predicted molar refractivity (Wildman–Crippen MR) is 119 cm³/mol. The van der Waals surface area contributed by atoms with Gasteiger partial charge in [-0.1, -0.05) is 47.0 Å². The van der Waals surface area contributed by atoms with Gasteiger partial charge in [0.2, 0.25) is 5.91 Å². The van der Waals surface area contributed by atoms with E-state index in [1.807, 2.05) is 20.8 Å². The summed E-state index contributed by atoms with van der Waals surface area (Å²) in [6, 6.07) is -1.85. The van der Waals surface area contributed by atoms with Crippen LogP contribution in [0.25, 0.3) is 0 Å². The number of nitrogens with zero attached hydrogens (tertiary/aromatic N) is 1. The van der Waals surface area contributed by atoms with Gasteiger partial charge in [-0.3, -0.25) is 4.79 Å². The van der Waals surface area contributed by atoms with E-state index in [1.165, 1.54) is 7.11 Å². The summed E-state index contributed by atoms with van der Waals surface area (Å²) < 4.78 is 10.2. The van der Waals surface area contributed by atoms with Crippen LogP contribution in [-0.2, 0) is 19.1 Å². The van der Waals surface area contributed by atoms with Crippen molar-refractivity contribution in [2.75, 3.05) is 27.4 Å². The average molecular weight is 440 g/mol. The zero-order valence-electron chi connectivity index (χ0n) is 20.1. The van der Waals surface area contributed by atoms with Crippen LogP contribution in [0.2, 0.25) is 0 Å². The molecular weight excluding hydrogens is 398 g/mol. The largest absolute Gasteiger partial charge is 0.467 e. The van der Waals surface area contributed by atoms with E-state index >= 15 is 0 Å². The fraction of sp³-hybridized carbons (Fsp3) is 0.870. The fourth-order valence-electron chi connectivity index (χ4n) is 4.77. The first kappa shape index (κ1) is 25.4. The highest BCUT2D eigenvalue weighted by molar-refractivity contribution is 5.91. The Morgan fingerprint density at radius 2 is 1.71 bits per heavy atom. The molecule has 2 aliphatic rings.